The first-order valence-corrected chi connectivity index (χ1v) is 8.87. The van der Waals surface area contributed by atoms with E-state index in [4.69, 9.17) is 4.74 Å². The van der Waals surface area contributed by atoms with Gasteiger partial charge in [-0.05, 0) is 49.9 Å². The van der Waals surface area contributed by atoms with E-state index in [0.29, 0.717) is 12.5 Å². The Labute approximate surface area is 149 Å². The maximum absolute atomic E-state index is 12.3. The van der Waals surface area contributed by atoms with Crippen LogP contribution in [-0.4, -0.2) is 56.2 Å². The summed E-state index contributed by atoms with van der Waals surface area (Å²) >= 11 is 0. The number of amides is 1. The van der Waals surface area contributed by atoms with Crippen LogP contribution in [0.1, 0.15) is 19.8 Å². The first-order chi connectivity index (χ1) is 12.0. The van der Waals surface area contributed by atoms with E-state index in [1.807, 2.05) is 19.1 Å². The summed E-state index contributed by atoms with van der Waals surface area (Å²) in [6, 6.07) is 10.3. The van der Waals surface area contributed by atoms with Gasteiger partial charge in [0.15, 0.2) is 0 Å². The molecule has 6 nitrogen and oxygen atoms in total. The van der Waals surface area contributed by atoms with Gasteiger partial charge in [0, 0.05) is 31.9 Å². The zero-order valence-electron chi connectivity index (χ0n) is 15.0. The fraction of sp³-hybridized carbons (Fsp3) is 0.579. The van der Waals surface area contributed by atoms with E-state index in [0.717, 1.165) is 44.8 Å². The van der Waals surface area contributed by atoms with Crippen LogP contribution in [0.5, 0.6) is 5.75 Å². The summed E-state index contributed by atoms with van der Waals surface area (Å²) in [5.74, 6) is 1.12. The van der Waals surface area contributed by atoms with Crippen molar-refractivity contribution in [3.63, 3.8) is 0 Å². The molecule has 6 heteroatoms. The van der Waals surface area contributed by atoms with Gasteiger partial charge < -0.3 is 15.0 Å². The topological polar surface area (TPSA) is 68.6 Å². The molecule has 1 aromatic carbocycles. The second-order valence-electron chi connectivity index (χ2n) is 7.10. The van der Waals surface area contributed by atoms with Gasteiger partial charge in [-0.1, -0.05) is 0 Å². The highest BCUT2D eigenvalue weighted by molar-refractivity contribution is 5.79. The van der Waals surface area contributed by atoms with Crippen molar-refractivity contribution in [3.05, 3.63) is 24.3 Å². The summed E-state index contributed by atoms with van der Waals surface area (Å²) in [5.41, 5.74) is 0.470. The van der Waals surface area contributed by atoms with Crippen molar-refractivity contribution in [3.8, 4) is 11.8 Å². The van der Waals surface area contributed by atoms with Crippen molar-refractivity contribution in [1.29, 1.82) is 5.26 Å². The number of rotatable bonds is 6. The number of piperazine rings is 1. The molecule has 1 amide bonds. The largest absolute Gasteiger partial charge is 0.497 e. The number of anilines is 1. The Morgan fingerprint density at radius 3 is 2.44 bits per heavy atom. The van der Waals surface area contributed by atoms with Crippen molar-refractivity contribution >= 4 is 11.6 Å². The summed E-state index contributed by atoms with van der Waals surface area (Å²) in [6.45, 7) is 5.65. The maximum Gasteiger partial charge on any atom is 0.235 e. The third-order valence-electron chi connectivity index (χ3n) is 5.20. The molecule has 0 aromatic heterocycles. The highest BCUT2D eigenvalue weighted by atomic mass is 16.5. The van der Waals surface area contributed by atoms with E-state index in [9.17, 15) is 10.1 Å². The fourth-order valence-corrected chi connectivity index (χ4v) is 3.37. The summed E-state index contributed by atoms with van der Waals surface area (Å²) in [4.78, 5) is 16.8. The molecule has 134 valence electrons. The SMILES string of the molecule is COc1ccc(N2CCN(CC(=O)NC(C)(C#N)C3CC3)CC2)cc1. The number of benzene rings is 1. The van der Waals surface area contributed by atoms with Gasteiger partial charge in [0.2, 0.25) is 5.91 Å². The molecule has 25 heavy (non-hydrogen) atoms. The number of methoxy groups -OCH3 is 1. The predicted octanol–water partition coefficient (Wildman–Crippen LogP) is 1.63. The Morgan fingerprint density at radius 2 is 1.92 bits per heavy atom. The minimum Gasteiger partial charge on any atom is -0.497 e. The molecule has 1 atom stereocenters. The van der Waals surface area contributed by atoms with Crippen LogP contribution in [0, 0.1) is 17.2 Å². The van der Waals surface area contributed by atoms with Crippen LogP contribution in [0.4, 0.5) is 5.69 Å². The zero-order chi connectivity index (χ0) is 17.9. The normalized spacial score (nSPS) is 20.4. The molecule has 1 unspecified atom stereocenters. The van der Waals surface area contributed by atoms with E-state index in [1.54, 1.807) is 7.11 Å². The predicted molar refractivity (Wildman–Crippen MR) is 96.5 cm³/mol. The summed E-state index contributed by atoms with van der Waals surface area (Å²) < 4.78 is 5.19. The molecular weight excluding hydrogens is 316 g/mol. The highest BCUT2D eigenvalue weighted by Gasteiger charge is 2.43. The molecule has 1 saturated heterocycles. The summed E-state index contributed by atoms with van der Waals surface area (Å²) in [7, 11) is 1.67. The van der Waals surface area contributed by atoms with Gasteiger partial charge in [-0.2, -0.15) is 5.26 Å². The minimum atomic E-state index is -0.706. The Kier molecular flexibility index (Phi) is 5.14. The van der Waals surface area contributed by atoms with Crippen molar-refractivity contribution in [2.75, 3.05) is 44.7 Å². The maximum atomic E-state index is 12.3. The van der Waals surface area contributed by atoms with Crippen molar-refractivity contribution in [1.82, 2.24) is 10.2 Å². The molecule has 0 bridgehead atoms. The lowest BCUT2D eigenvalue weighted by Crippen LogP contribution is -2.53. The van der Waals surface area contributed by atoms with E-state index < -0.39 is 5.54 Å². The molecule has 2 aliphatic rings. The van der Waals surface area contributed by atoms with E-state index >= 15 is 0 Å². The molecule has 0 spiro atoms. The first-order valence-electron chi connectivity index (χ1n) is 8.87. The van der Waals surface area contributed by atoms with Crippen LogP contribution in [0.3, 0.4) is 0 Å². The second kappa shape index (κ2) is 7.32. The third kappa shape index (κ3) is 4.23. The number of ether oxygens (including phenoxy) is 1. The van der Waals surface area contributed by atoms with Gasteiger partial charge in [-0.25, -0.2) is 0 Å². The molecule has 1 aliphatic heterocycles. The van der Waals surface area contributed by atoms with Crippen LogP contribution in [0.2, 0.25) is 0 Å². The van der Waals surface area contributed by atoms with E-state index in [-0.39, 0.29) is 5.91 Å². The smallest absolute Gasteiger partial charge is 0.235 e. The minimum absolute atomic E-state index is 0.0474. The molecular formula is C19H26N4O2. The quantitative estimate of drug-likeness (QED) is 0.851. The van der Waals surface area contributed by atoms with Gasteiger partial charge in [-0.3, -0.25) is 9.69 Å². The van der Waals surface area contributed by atoms with Gasteiger partial charge in [0.1, 0.15) is 11.3 Å². The zero-order valence-corrected chi connectivity index (χ0v) is 15.0. The number of carbonyl (C=O) groups excluding carboxylic acids is 1. The number of hydrogen-bond acceptors (Lipinski definition) is 5. The molecule has 1 N–H and O–H groups in total. The molecule has 1 aromatic rings. The van der Waals surface area contributed by atoms with Gasteiger partial charge >= 0.3 is 0 Å². The molecule has 1 saturated carbocycles. The molecule has 1 heterocycles. The Morgan fingerprint density at radius 1 is 1.28 bits per heavy atom. The van der Waals surface area contributed by atoms with E-state index in [1.165, 1.54) is 5.69 Å². The fourth-order valence-electron chi connectivity index (χ4n) is 3.37. The van der Waals surface area contributed by atoms with Gasteiger partial charge in [0.05, 0.1) is 19.7 Å². The molecule has 2 fully saturated rings. The second-order valence-corrected chi connectivity index (χ2v) is 7.10. The number of nitriles is 1. The number of nitrogens with zero attached hydrogens (tertiary/aromatic N) is 3. The standard InChI is InChI=1S/C19H26N4O2/c1-19(14-20,15-3-4-15)21-18(24)13-22-9-11-23(12-10-22)16-5-7-17(25-2)8-6-16/h5-8,15H,3-4,9-13H2,1-2H3,(H,21,24). The number of carbonyl (C=O) groups is 1. The molecule has 3 rings (SSSR count). The Hall–Kier alpha value is -2.26. The lowest BCUT2D eigenvalue weighted by Gasteiger charge is -2.36. The third-order valence-corrected chi connectivity index (χ3v) is 5.20. The van der Waals surface area contributed by atoms with Crippen molar-refractivity contribution in [2.45, 2.75) is 25.3 Å². The van der Waals surface area contributed by atoms with Gasteiger partial charge in [-0.15, -0.1) is 0 Å². The van der Waals surface area contributed by atoms with Crippen molar-refractivity contribution < 1.29 is 9.53 Å². The van der Waals surface area contributed by atoms with Crippen molar-refractivity contribution in [2.24, 2.45) is 5.92 Å². The summed E-state index contributed by atoms with van der Waals surface area (Å²) in [6.07, 6.45) is 2.07. The van der Waals surface area contributed by atoms with Crippen LogP contribution in [0.15, 0.2) is 24.3 Å². The van der Waals surface area contributed by atoms with Crippen LogP contribution in [0.25, 0.3) is 0 Å². The number of hydrogen-bond donors (Lipinski definition) is 1. The molecule has 1 aliphatic carbocycles. The lowest BCUT2D eigenvalue weighted by atomic mass is 9.98. The average Bonchev–Trinajstić information content (AvgIpc) is 3.48. The summed E-state index contributed by atoms with van der Waals surface area (Å²) in [5, 5.41) is 12.3. The number of nitrogens with one attached hydrogen (secondary N) is 1. The molecule has 0 radical (unpaired) electrons. The first kappa shape index (κ1) is 17.6. The van der Waals surface area contributed by atoms with Crippen LogP contribution < -0.4 is 15.0 Å². The highest BCUT2D eigenvalue weighted by Crippen LogP contribution is 2.39. The monoisotopic (exact) mass is 342 g/mol. The van der Waals surface area contributed by atoms with Crippen LogP contribution in [-0.2, 0) is 4.79 Å². The lowest BCUT2D eigenvalue weighted by molar-refractivity contribution is -0.123. The average molecular weight is 342 g/mol. The van der Waals surface area contributed by atoms with Gasteiger partial charge in [0.25, 0.3) is 0 Å². The Bertz CT molecular complexity index is 642. The Balaban J connectivity index is 1.47. The van der Waals surface area contributed by atoms with E-state index in [2.05, 4.69) is 33.3 Å². The van der Waals surface area contributed by atoms with Crippen LogP contribution >= 0.6 is 0 Å².